The first-order chi connectivity index (χ1) is 12.1. The third-order valence-corrected chi connectivity index (χ3v) is 4.75. The van der Waals surface area contributed by atoms with Crippen molar-refractivity contribution < 1.29 is 13.9 Å². The topological polar surface area (TPSA) is 38.3 Å². The Hall–Kier alpha value is -2.37. The second-order valence-corrected chi connectivity index (χ2v) is 6.68. The fourth-order valence-electron chi connectivity index (χ4n) is 2.36. The van der Waals surface area contributed by atoms with Gasteiger partial charge in [0.1, 0.15) is 11.6 Å². The molecule has 1 heterocycles. The lowest BCUT2D eigenvalue weighted by atomic mass is 10.1. The molecule has 3 rings (SSSR count). The Morgan fingerprint density at radius 2 is 1.96 bits per heavy atom. The summed E-state index contributed by atoms with van der Waals surface area (Å²) in [7, 11) is 0. The van der Waals surface area contributed by atoms with Gasteiger partial charge in [-0.05, 0) is 35.2 Å². The van der Waals surface area contributed by atoms with Gasteiger partial charge in [-0.15, -0.1) is 11.3 Å². The van der Waals surface area contributed by atoms with Gasteiger partial charge in [0, 0.05) is 4.88 Å². The minimum absolute atomic E-state index is 0.130. The molecule has 0 saturated carbocycles. The number of amides is 1. The zero-order chi connectivity index (χ0) is 17.6. The van der Waals surface area contributed by atoms with Crippen molar-refractivity contribution in [3.63, 3.8) is 0 Å². The molecular formula is C19H15ClFNO2S. The monoisotopic (exact) mass is 375 g/mol. The zero-order valence-corrected chi connectivity index (χ0v) is 14.7. The van der Waals surface area contributed by atoms with Crippen molar-refractivity contribution in [1.29, 1.82) is 0 Å². The summed E-state index contributed by atoms with van der Waals surface area (Å²) in [4.78, 5) is 13.4. The van der Waals surface area contributed by atoms with Crippen LogP contribution in [0.4, 0.5) is 4.39 Å². The third-order valence-electron chi connectivity index (χ3n) is 3.52. The van der Waals surface area contributed by atoms with Gasteiger partial charge in [-0.2, -0.15) is 0 Å². The fourth-order valence-corrected chi connectivity index (χ4v) is 3.38. The number of thiophene rings is 1. The number of hydrogen-bond donors (Lipinski definition) is 1. The number of rotatable bonds is 6. The second-order valence-electron chi connectivity index (χ2n) is 5.29. The maximum atomic E-state index is 13.0. The molecule has 0 spiro atoms. The van der Waals surface area contributed by atoms with E-state index in [1.807, 2.05) is 47.8 Å². The predicted octanol–water partition coefficient (Wildman–Crippen LogP) is 4.83. The quantitative estimate of drug-likeness (QED) is 0.670. The van der Waals surface area contributed by atoms with Crippen molar-refractivity contribution in [3.8, 4) is 5.75 Å². The van der Waals surface area contributed by atoms with E-state index in [0.29, 0.717) is 0 Å². The molecule has 0 aliphatic heterocycles. The third kappa shape index (κ3) is 4.59. The van der Waals surface area contributed by atoms with Gasteiger partial charge in [0.05, 0.1) is 11.1 Å². The molecule has 0 unspecified atom stereocenters. The second kappa shape index (κ2) is 8.14. The Morgan fingerprint density at radius 1 is 1.16 bits per heavy atom. The molecule has 0 fully saturated rings. The Bertz CT molecular complexity index is 840. The number of hydrogen-bond acceptors (Lipinski definition) is 3. The van der Waals surface area contributed by atoms with Crippen LogP contribution in [0.1, 0.15) is 16.5 Å². The maximum Gasteiger partial charge on any atom is 0.258 e. The van der Waals surface area contributed by atoms with Crippen LogP contribution in [0, 0.1) is 5.82 Å². The van der Waals surface area contributed by atoms with Gasteiger partial charge in [-0.25, -0.2) is 4.39 Å². The van der Waals surface area contributed by atoms with E-state index >= 15 is 0 Å². The van der Waals surface area contributed by atoms with E-state index in [4.69, 9.17) is 16.3 Å². The number of nitrogens with one attached hydrogen (secondary N) is 1. The minimum Gasteiger partial charge on any atom is -0.482 e. The molecule has 0 aliphatic rings. The molecule has 2 aromatic carbocycles. The molecule has 1 aromatic heterocycles. The molecular weight excluding hydrogens is 361 g/mol. The van der Waals surface area contributed by atoms with E-state index in [-0.39, 0.29) is 29.3 Å². The molecule has 0 radical (unpaired) electrons. The van der Waals surface area contributed by atoms with Crippen LogP contribution in [-0.4, -0.2) is 12.5 Å². The van der Waals surface area contributed by atoms with E-state index in [1.165, 1.54) is 12.1 Å². The van der Waals surface area contributed by atoms with Gasteiger partial charge in [0.2, 0.25) is 0 Å². The van der Waals surface area contributed by atoms with Crippen molar-refractivity contribution >= 4 is 28.8 Å². The molecule has 0 aliphatic carbocycles. The van der Waals surface area contributed by atoms with Crippen molar-refractivity contribution in [2.45, 2.75) is 6.04 Å². The van der Waals surface area contributed by atoms with Crippen molar-refractivity contribution in [3.05, 3.63) is 87.3 Å². The van der Waals surface area contributed by atoms with Crippen LogP contribution >= 0.6 is 22.9 Å². The molecule has 1 amide bonds. The Labute approximate surface area is 154 Å². The average Bonchev–Trinajstić information content (AvgIpc) is 3.14. The first kappa shape index (κ1) is 17.5. The molecule has 128 valence electrons. The summed E-state index contributed by atoms with van der Waals surface area (Å²) < 4.78 is 18.4. The Kier molecular flexibility index (Phi) is 5.68. The highest BCUT2D eigenvalue weighted by Gasteiger charge is 2.18. The van der Waals surface area contributed by atoms with E-state index in [2.05, 4.69) is 5.32 Å². The number of benzene rings is 2. The van der Waals surface area contributed by atoms with E-state index in [9.17, 15) is 9.18 Å². The van der Waals surface area contributed by atoms with Gasteiger partial charge in [0.15, 0.2) is 6.61 Å². The van der Waals surface area contributed by atoms with E-state index in [1.54, 1.807) is 11.3 Å². The predicted molar refractivity (Wildman–Crippen MR) is 97.7 cm³/mol. The maximum absolute atomic E-state index is 13.0. The van der Waals surface area contributed by atoms with Crippen LogP contribution in [0.15, 0.2) is 66.0 Å². The summed E-state index contributed by atoms with van der Waals surface area (Å²) in [5.74, 6) is -0.475. The van der Waals surface area contributed by atoms with E-state index < -0.39 is 5.82 Å². The highest BCUT2D eigenvalue weighted by atomic mass is 35.5. The van der Waals surface area contributed by atoms with Crippen LogP contribution < -0.4 is 10.1 Å². The molecule has 1 atom stereocenters. The summed E-state index contributed by atoms with van der Waals surface area (Å²) >= 11 is 7.47. The molecule has 0 bridgehead atoms. The molecule has 3 aromatic rings. The van der Waals surface area contributed by atoms with Gasteiger partial charge in [0.25, 0.3) is 5.91 Å². The summed E-state index contributed by atoms with van der Waals surface area (Å²) in [6, 6.07) is 17.1. The lowest BCUT2D eigenvalue weighted by molar-refractivity contribution is -0.123. The largest absolute Gasteiger partial charge is 0.482 e. The smallest absolute Gasteiger partial charge is 0.258 e. The van der Waals surface area contributed by atoms with Gasteiger partial charge in [-0.1, -0.05) is 48.0 Å². The van der Waals surface area contributed by atoms with Crippen LogP contribution in [0.25, 0.3) is 0 Å². The lowest BCUT2D eigenvalue weighted by Gasteiger charge is -2.18. The number of halogens is 2. The molecule has 3 nitrogen and oxygen atoms in total. The number of carbonyl (C=O) groups excluding carboxylic acids is 1. The summed E-state index contributed by atoms with van der Waals surface area (Å²) in [5.41, 5.74) is 0.984. The summed E-state index contributed by atoms with van der Waals surface area (Å²) in [6.07, 6.45) is 0. The molecule has 0 saturated heterocycles. The van der Waals surface area contributed by atoms with Crippen molar-refractivity contribution in [1.82, 2.24) is 5.32 Å². The zero-order valence-electron chi connectivity index (χ0n) is 13.1. The van der Waals surface area contributed by atoms with Crippen molar-refractivity contribution in [2.75, 3.05) is 6.61 Å². The summed E-state index contributed by atoms with van der Waals surface area (Å²) in [6.45, 7) is -0.208. The summed E-state index contributed by atoms with van der Waals surface area (Å²) in [5, 5.41) is 5.06. The average molecular weight is 376 g/mol. The standard InChI is InChI=1S/C19H15ClFNO2S/c20-15-11-14(21)8-9-16(15)24-12-18(23)22-19(17-7-4-10-25-17)13-5-2-1-3-6-13/h1-11,19H,12H2,(H,22,23)/t19-/m1/s1. The highest BCUT2D eigenvalue weighted by Crippen LogP contribution is 2.27. The molecule has 6 heteroatoms. The van der Waals surface area contributed by atoms with Gasteiger partial charge < -0.3 is 10.1 Å². The van der Waals surface area contributed by atoms with Crippen molar-refractivity contribution in [2.24, 2.45) is 0 Å². The molecule has 25 heavy (non-hydrogen) atoms. The Balaban J connectivity index is 1.68. The van der Waals surface area contributed by atoms with Crippen LogP contribution in [0.2, 0.25) is 5.02 Å². The highest BCUT2D eigenvalue weighted by molar-refractivity contribution is 7.10. The fraction of sp³-hybridized carbons (Fsp3) is 0.105. The number of carbonyl (C=O) groups is 1. The first-order valence-corrected chi connectivity index (χ1v) is 8.85. The van der Waals surface area contributed by atoms with Crippen LogP contribution in [0.5, 0.6) is 5.75 Å². The first-order valence-electron chi connectivity index (χ1n) is 7.59. The van der Waals surface area contributed by atoms with Gasteiger partial charge >= 0.3 is 0 Å². The van der Waals surface area contributed by atoms with Crippen LogP contribution in [-0.2, 0) is 4.79 Å². The molecule has 1 N–H and O–H groups in total. The SMILES string of the molecule is O=C(COc1ccc(F)cc1Cl)N[C@H](c1ccccc1)c1cccs1. The Morgan fingerprint density at radius 3 is 2.64 bits per heavy atom. The lowest BCUT2D eigenvalue weighted by Crippen LogP contribution is -2.32. The van der Waals surface area contributed by atoms with Crippen LogP contribution in [0.3, 0.4) is 0 Å². The minimum atomic E-state index is -0.455. The number of ether oxygens (including phenoxy) is 1. The van der Waals surface area contributed by atoms with E-state index in [0.717, 1.165) is 16.5 Å². The van der Waals surface area contributed by atoms with Gasteiger partial charge in [-0.3, -0.25) is 4.79 Å². The normalized spacial score (nSPS) is 11.8.